The van der Waals surface area contributed by atoms with Gasteiger partial charge in [-0.15, -0.1) is 0 Å². The second-order valence-electron chi connectivity index (χ2n) is 10.0. The van der Waals surface area contributed by atoms with E-state index < -0.39 is 0 Å². The fourth-order valence-electron chi connectivity index (χ4n) is 4.31. The van der Waals surface area contributed by atoms with Crippen LogP contribution in [0.15, 0.2) is 0 Å². The molecule has 0 aromatic heterocycles. The van der Waals surface area contributed by atoms with Crippen LogP contribution in [0, 0.1) is 0 Å². The summed E-state index contributed by atoms with van der Waals surface area (Å²) < 4.78 is 10.7. The van der Waals surface area contributed by atoms with Gasteiger partial charge in [-0.25, -0.2) is 0 Å². The van der Waals surface area contributed by atoms with E-state index in [0.717, 1.165) is 38.5 Å². The van der Waals surface area contributed by atoms with Crippen molar-refractivity contribution in [3.8, 4) is 0 Å². The number of hydrogen-bond donors (Lipinski definition) is 0. The van der Waals surface area contributed by atoms with Gasteiger partial charge in [0.15, 0.2) is 0 Å². The van der Waals surface area contributed by atoms with Gasteiger partial charge in [0.05, 0.1) is 19.4 Å². The molecule has 0 aliphatic rings. The molecule has 0 aliphatic carbocycles. The minimum atomic E-state index is -0.282. The lowest BCUT2D eigenvalue weighted by Gasteiger charge is -2.15. The Balaban J connectivity index is 3.34. The topological polar surface area (TPSA) is 52.6 Å². The van der Waals surface area contributed by atoms with E-state index >= 15 is 0 Å². The molecule has 0 saturated heterocycles. The molecular formula is C30H58O4. The molecule has 202 valence electrons. The average Bonchev–Trinajstić information content (AvgIpc) is 2.84. The van der Waals surface area contributed by atoms with Crippen LogP contribution < -0.4 is 0 Å². The fourth-order valence-corrected chi connectivity index (χ4v) is 4.31. The highest BCUT2D eigenvalue weighted by atomic mass is 16.5. The van der Waals surface area contributed by atoms with Crippen molar-refractivity contribution in [2.45, 2.75) is 175 Å². The number of unbranched alkanes of at least 4 members (excludes halogenated alkanes) is 17. The summed E-state index contributed by atoms with van der Waals surface area (Å²) >= 11 is 0. The molecule has 0 rings (SSSR count). The molecule has 0 amide bonds. The third-order valence-electron chi connectivity index (χ3n) is 6.68. The van der Waals surface area contributed by atoms with Crippen LogP contribution in [0.3, 0.4) is 0 Å². The lowest BCUT2D eigenvalue weighted by Crippen LogP contribution is -2.18. The number of carbonyl (C=O) groups excluding carboxylic acids is 2. The Morgan fingerprint density at radius 1 is 0.529 bits per heavy atom. The van der Waals surface area contributed by atoms with Gasteiger partial charge in [0.2, 0.25) is 0 Å². The van der Waals surface area contributed by atoms with Crippen LogP contribution in [0.4, 0.5) is 0 Å². The van der Waals surface area contributed by atoms with E-state index in [0.29, 0.717) is 6.61 Å². The second-order valence-corrected chi connectivity index (χ2v) is 10.0. The van der Waals surface area contributed by atoms with Crippen LogP contribution >= 0.6 is 0 Å². The quantitative estimate of drug-likeness (QED) is 0.0909. The lowest BCUT2D eigenvalue weighted by molar-refractivity contribution is -0.154. The van der Waals surface area contributed by atoms with E-state index in [1.807, 2.05) is 6.92 Å². The third-order valence-corrected chi connectivity index (χ3v) is 6.68. The Hall–Kier alpha value is -1.06. The molecule has 0 saturated carbocycles. The summed E-state index contributed by atoms with van der Waals surface area (Å²) in [6.07, 6.45) is 26.9. The van der Waals surface area contributed by atoms with Gasteiger partial charge in [0, 0.05) is 0 Å². The standard InChI is InChI=1S/C30H58O4/c1-4-7-9-10-11-12-13-14-15-16-17-18-19-20-21-22-23-27-33-29(31)25-26-30(32)34-28(6-3)24-8-5-2/h28H,4-27H2,1-3H3. The summed E-state index contributed by atoms with van der Waals surface area (Å²) in [5, 5.41) is 0. The Bertz CT molecular complexity index is 449. The molecule has 0 aromatic rings. The maximum Gasteiger partial charge on any atom is 0.306 e. The van der Waals surface area contributed by atoms with Gasteiger partial charge in [-0.05, 0) is 19.3 Å². The van der Waals surface area contributed by atoms with Crippen LogP contribution in [0.1, 0.15) is 168 Å². The van der Waals surface area contributed by atoms with Crippen LogP contribution in [-0.4, -0.2) is 24.6 Å². The first-order valence-corrected chi connectivity index (χ1v) is 15.0. The van der Waals surface area contributed by atoms with Gasteiger partial charge in [-0.2, -0.15) is 0 Å². The molecule has 0 heterocycles. The highest BCUT2D eigenvalue weighted by Crippen LogP contribution is 2.14. The SMILES string of the molecule is CCCCCCCCCCCCCCCCCCCOC(=O)CCC(=O)OC(CC)CCCC. The van der Waals surface area contributed by atoms with Crippen molar-refractivity contribution < 1.29 is 19.1 Å². The normalized spacial score (nSPS) is 12.0. The zero-order chi connectivity index (χ0) is 25.1. The lowest BCUT2D eigenvalue weighted by atomic mass is 10.0. The van der Waals surface area contributed by atoms with Gasteiger partial charge in [0.25, 0.3) is 0 Å². The molecule has 4 nitrogen and oxygen atoms in total. The van der Waals surface area contributed by atoms with Gasteiger partial charge in [-0.3, -0.25) is 9.59 Å². The van der Waals surface area contributed by atoms with E-state index in [-0.39, 0.29) is 30.9 Å². The van der Waals surface area contributed by atoms with Gasteiger partial charge in [-0.1, -0.05) is 136 Å². The Labute approximate surface area is 212 Å². The minimum Gasteiger partial charge on any atom is -0.466 e. The van der Waals surface area contributed by atoms with Crippen molar-refractivity contribution in [1.29, 1.82) is 0 Å². The Morgan fingerprint density at radius 2 is 0.941 bits per heavy atom. The van der Waals surface area contributed by atoms with Crippen molar-refractivity contribution in [3.05, 3.63) is 0 Å². The molecule has 0 radical (unpaired) electrons. The molecule has 0 aliphatic heterocycles. The summed E-state index contributed by atoms with van der Waals surface area (Å²) in [4.78, 5) is 23.7. The first-order chi connectivity index (χ1) is 16.6. The van der Waals surface area contributed by atoms with Crippen molar-refractivity contribution in [3.63, 3.8) is 0 Å². The van der Waals surface area contributed by atoms with E-state index in [1.54, 1.807) is 0 Å². The summed E-state index contributed by atoms with van der Waals surface area (Å²) in [6.45, 7) is 6.91. The van der Waals surface area contributed by atoms with Crippen LogP contribution in [0.5, 0.6) is 0 Å². The number of hydrogen-bond acceptors (Lipinski definition) is 4. The van der Waals surface area contributed by atoms with Gasteiger partial charge in [0.1, 0.15) is 6.10 Å². The van der Waals surface area contributed by atoms with Crippen molar-refractivity contribution in [2.75, 3.05) is 6.61 Å². The van der Waals surface area contributed by atoms with Crippen molar-refractivity contribution in [1.82, 2.24) is 0 Å². The average molecular weight is 483 g/mol. The number of esters is 2. The maximum absolute atomic E-state index is 11.9. The predicted molar refractivity (Wildman–Crippen MR) is 144 cm³/mol. The van der Waals surface area contributed by atoms with E-state index in [4.69, 9.17) is 9.47 Å². The number of carbonyl (C=O) groups is 2. The summed E-state index contributed by atoms with van der Waals surface area (Å²) in [7, 11) is 0. The summed E-state index contributed by atoms with van der Waals surface area (Å²) in [6, 6.07) is 0. The van der Waals surface area contributed by atoms with Gasteiger partial charge < -0.3 is 9.47 Å². The number of rotatable bonds is 26. The van der Waals surface area contributed by atoms with Crippen molar-refractivity contribution in [2.24, 2.45) is 0 Å². The first-order valence-electron chi connectivity index (χ1n) is 15.0. The minimum absolute atomic E-state index is 0.0154. The smallest absolute Gasteiger partial charge is 0.306 e. The largest absolute Gasteiger partial charge is 0.466 e. The van der Waals surface area contributed by atoms with Crippen molar-refractivity contribution >= 4 is 11.9 Å². The van der Waals surface area contributed by atoms with E-state index in [9.17, 15) is 9.59 Å². The van der Waals surface area contributed by atoms with Crippen LogP contribution in [0.25, 0.3) is 0 Å². The maximum atomic E-state index is 11.9. The second kappa shape index (κ2) is 26.5. The zero-order valence-corrected chi connectivity index (χ0v) is 23.2. The summed E-state index contributed by atoms with van der Waals surface area (Å²) in [5.74, 6) is -0.562. The third kappa shape index (κ3) is 24.1. The molecule has 0 N–H and O–H groups in total. The Kier molecular flexibility index (Phi) is 25.7. The van der Waals surface area contributed by atoms with E-state index in [2.05, 4.69) is 13.8 Å². The van der Waals surface area contributed by atoms with Crippen LogP contribution in [-0.2, 0) is 19.1 Å². The molecule has 0 bridgehead atoms. The van der Waals surface area contributed by atoms with Gasteiger partial charge >= 0.3 is 11.9 Å². The highest BCUT2D eigenvalue weighted by Gasteiger charge is 2.14. The van der Waals surface area contributed by atoms with E-state index in [1.165, 1.54) is 96.3 Å². The molecule has 0 fully saturated rings. The molecule has 0 spiro atoms. The molecule has 0 aromatic carbocycles. The zero-order valence-electron chi connectivity index (χ0n) is 23.2. The fraction of sp³-hybridized carbons (Fsp3) is 0.933. The number of ether oxygens (including phenoxy) is 2. The molecule has 34 heavy (non-hydrogen) atoms. The van der Waals surface area contributed by atoms with Crippen LogP contribution in [0.2, 0.25) is 0 Å². The monoisotopic (exact) mass is 482 g/mol. The molecule has 1 atom stereocenters. The predicted octanol–water partition coefficient (Wildman–Crippen LogP) is 9.47. The highest BCUT2D eigenvalue weighted by molar-refractivity contribution is 5.77. The molecule has 4 heteroatoms. The Morgan fingerprint density at radius 3 is 1.38 bits per heavy atom. The molecule has 1 unspecified atom stereocenters. The molecular weight excluding hydrogens is 424 g/mol. The first kappa shape index (κ1) is 32.9. The summed E-state index contributed by atoms with van der Waals surface area (Å²) in [5.41, 5.74) is 0.